The minimum atomic E-state index is -0.379. The quantitative estimate of drug-likeness (QED) is 0.719. The van der Waals surface area contributed by atoms with Crippen LogP contribution in [0.1, 0.15) is 52.4 Å². The monoisotopic (exact) mass is 298 g/mol. The molecule has 0 bridgehead atoms. The van der Waals surface area contributed by atoms with Crippen molar-refractivity contribution < 1.29 is 9.84 Å². The van der Waals surface area contributed by atoms with Gasteiger partial charge in [-0.25, -0.2) is 0 Å². The van der Waals surface area contributed by atoms with Gasteiger partial charge in [-0.2, -0.15) is 0 Å². The first-order valence-corrected chi connectivity index (χ1v) is 8.95. The topological polar surface area (TPSA) is 44.7 Å². The van der Waals surface area contributed by atoms with Gasteiger partial charge in [0.2, 0.25) is 0 Å². The third-order valence-electron chi connectivity index (χ3n) is 5.20. The molecule has 1 saturated carbocycles. The van der Waals surface area contributed by atoms with Crippen molar-refractivity contribution in [3.05, 3.63) is 0 Å². The lowest BCUT2D eigenvalue weighted by Crippen LogP contribution is -2.41. The van der Waals surface area contributed by atoms with Gasteiger partial charge in [0.15, 0.2) is 0 Å². The number of likely N-dealkylation sites (N-methyl/N-ethyl adjacent to an activating group) is 1. The maximum atomic E-state index is 10.1. The fraction of sp³-hybridized carbons (Fsp3) is 1.00. The van der Waals surface area contributed by atoms with Gasteiger partial charge in [0.1, 0.15) is 0 Å². The predicted molar refractivity (Wildman–Crippen MR) is 86.5 cm³/mol. The van der Waals surface area contributed by atoms with E-state index in [0.717, 1.165) is 19.5 Å². The lowest BCUT2D eigenvalue weighted by molar-refractivity contribution is -0.0453. The number of likely N-dealkylation sites (tertiary alicyclic amines) is 1. The molecule has 21 heavy (non-hydrogen) atoms. The third kappa shape index (κ3) is 5.51. The number of ether oxygens (including phenoxy) is 1. The Morgan fingerprint density at radius 3 is 2.81 bits per heavy atom. The average Bonchev–Trinajstić information content (AvgIpc) is 2.94. The molecule has 1 saturated heterocycles. The van der Waals surface area contributed by atoms with Crippen LogP contribution in [-0.2, 0) is 4.74 Å². The molecule has 0 radical (unpaired) electrons. The highest BCUT2D eigenvalue weighted by Gasteiger charge is 2.24. The highest BCUT2D eigenvalue weighted by Crippen LogP contribution is 2.26. The van der Waals surface area contributed by atoms with E-state index in [0.29, 0.717) is 31.2 Å². The number of aliphatic hydroxyl groups is 1. The van der Waals surface area contributed by atoms with Crippen molar-refractivity contribution in [2.45, 2.75) is 70.6 Å². The number of nitrogens with zero attached hydrogens (tertiary/aromatic N) is 1. The van der Waals surface area contributed by atoms with Gasteiger partial charge in [-0.15, -0.1) is 0 Å². The van der Waals surface area contributed by atoms with E-state index in [1.165, 1.54) is 38.6 Å². The molecule has 0 aromatic heterocycles. The van der Waals surface area contributed by atoms with Crippen molar-refractivity contribution in [2.24, 2.45) is 5.92 Å². The largest absolute Gasteiger partial charge is 0.389 e. The van der Waals surface area contributed by atoms with Crippen molar-refractivity contribution in [2.75, 3.05) is 32.8 Å². The van der Waals surface area contributed by atoms with Gasteiger partial charge in [-0.3, -0.25) is 4.90 Å². The van der Waals surface area contributed by atoms with Crippen LogP contribution in [0.25, 0.3) is 0 Å². The molecule has 2 aliphatic rings. The van der Waals surface area contributed by atoms with Gasteiger partial charge >= 0.3 is 0 Å². The summed E-state index contributed by atoms with van der Waals surface area (Å²) in [6.45, 7) is 8.98. The minimum absolute atomic E-state index is 0.360. The Kier molecular flexibility index (Phi) is 7.44. The molecular weight excluding hydrogens is 264 g/mol. The molecule has 0 aromatic rings. The molecule has 2 fully saturated rings. The minimum Gasteiger partial charge on any atom is -0.389 e. The van der Waals surface area contributed by atoms with Crippen molar-refractivity contribution in [1.29, 1.82) is 0 Å². The standard InChI is InChI=1S/C17H34N2O2/c1-3-19-10-6-8-15(19)11-18-12-16(20)13-21-17-9-5-4-7-14(17)2/h14-18,20H,3-13H2,1-2H3. The van der Waals surface area contributed by atoms with Gasteiger partial charge < -0.3 is 15.2 Å². The molecule has 1 heterocycles. The molecule has 0 aromatic carbocycles. The third-order valence-corrected chi connectivity index (χ3v) is 5.20. The molecule has 1 aliphatic heterocycles. The fourth-order valence-electron chi connectivity index (χ4n) is 3.78. The summed E-state index contributed by atoms with van der Waals surface area (Å²) in [6, 6.07) is 0.654. The molecule has 4 atom stereocenters. The van der Waals surface area contributed by atoms with Crippen LogP contribution in [0.4, 0.5) is 0 Å². The molecule has 1 aliphatic carbocycles. The van der Waals surface area contributed by atoms with Gasteiger partial charge in [-0.05, 0) is 44.7 Å². The normalized spacial score (nSPS) is 32.4. The fourth-order valence-corrected chi connectivity index (χ4v) is 3.78. The highest BCUT2D eigenvalue weighted by atomic mass is 16.5. The Morgan fingerprint density at radius 2 is 2.05 bits per heavy atom. The summed E-state index contributed by atoms with van der Waals surface area (Å²) in [6.07, 6.45) is 7.62. The van der Waals surface area contributed by atoms with E-state index in [2.05, 4.69) is 24.1 Å². The van der Waals surface area contributed by atoms with Crippen molar-refractivity contribution in [3.8, 4) is 0 Å². The first kappa shape index (κ1) is 17.2. The van der Waals surface area contributed by atoms with E-state index in [-0.39, 0.29) is 6.10 Å². The lowest BCUT2D eigenvalue weighted by Gasteiger charge is -2.29. The second-order valence-corrected chi connectivity index (χ2v) is 6.87. The molecule has 4 unspecified atom stereocenters. The zero-order valence-electron chi connectivity index (χ0n) is 13.9. The summed E-state index contributed by atoms with van der Waals surface area (Å²) in [5.74, 6) is 0.649. The summed E-state index contributed by atoms with van der Waals surface area (Å²) in [7, 11) is 0. The molecule has 4 heteroatoms. The number of nitrogens with one attached hydrogen (secondary N) is 1. The van der Waals surface area contributed by atoms with Crippen molar-refractivity contribution in [3.63, 3.8) is 0 Å². The Labute approximate surface area is 130 Å². The number of aliphatic hydroxyl groups excluding tert-OH is 1. The smallest absolute Gasteiger partial charge is 0.0897 e. The van der Waals surface area contributed by atoms with Crippen LogP contribution < -0.4 is 5.32 Å². The Morgan fingerprint density at radius 1 is 1.24 bits per heavy atom. The first-order chi connectivity index (χ1) is 10.2. The zero-order chi connectivity index (χ0) is 15.1. The SMILES string of the molecule is CCN1CCCC1CNCC(O)COC1CCCCC1C. The van der Waals surface area contributed by atoms with Gasteiger partial charge in [0, 0.05) is 19.1 Å². The van der Waals surface area contributed by atoms with E-state index in [1.54, 1.807) is 0 Å². The van der Waals surface area contributed by atoms with Crippen molar-refractivity contribution >= 4 is 0 Å². The molecule has 4 nitrogen and oxygen atoms in total. The lowest BCUT2D eigenvalue weighted by atomic mass is 9.88. The van der Waals surface area contributed by atoms with Crippen LogP contribution in [0.5, 0.6) is 0 Å². The summed E-state index contributed by atoms with van der Waals surface area (Å²) in [5, 5.41) is 13.5. The second kappa shape index (κ2) is 9.09. The molecule has 2 N–H and O–H groups in total. The maximum absolute atomic E-state index is 10.1. The highest BCUT2D eigenvalue weighted by molar-refractivity contribution is 4.80. The van der Waals surface area contributed by atoms with Gasteiger partial charge in [0.05, 0.1) is 18.8 Å². The molecule has 124 valence electrons. The van der Waals surface area contributed by atoms with Crippen molar-refractivity contribution in [1.82, 2.24) is 10.2 Å². The van der Waals surface area contributed by atoms with E-state index in [4.69, 9.17) is 4.74 Å². The zero-order valence-corrected chi connectivity index (χ0v) is 13.9. The maximum Gasteiger partial charge on any atom is 0.0897 e. The van der Waals surface area contributed by atoms with Crippen LogP contribution in [0.2, 0.25) is 0 Å². The predicted octanol–water partition coefficient (Wildman–Crippen LogP) is 2.02. The summed E-state index contributed by atoms with van der Waals surface area (Å²) < 4.78 is 5.92. The summed E-state index contributed by atoms with van der Waals surface area (Å²) in [4.78, 5) is 2.53. The van der Waals surface area contributed by atoms with Crippen LogP contribution in [0, 0.1) is 5.92 Å². The van der Waals surface area contributed by atoms with Crippen LogP contribution in [-0.4, -0.2) is 61.0 Å². The number of hydrogen-bond acceptors (Lipinski definition) is 4. The second-order valence-electron chi connectivity index (χ2n) is 6.87. The van der Waals surface area contributed by atoms with Crippen LogP contribution >= 0.6 is 0 Å². The summed E-state index contributed by atoms with van der Waals surface area (Å²) in [5.41, 5.74) is 0. The van der Waals surface area contributed by atoms with Gasteiger partial charge in [0.25, 0.3) is 0 Å². The Bertz CT molecular complexity index is 288. The van der Waals surface area contributed by atoms with E-state index in [9.17, 15) is 5.11 Å². The molecular formula is C17H34N2O2. The molecule has 2 rings (SSSR count). The van der Waals surface area contributed by atoms with E-state index in [1.807, 2.05) is 0 Å². The molecule has 0 amide bonds. The Balaban J connectivity index is 1.56. The Hall–Kier alpha value is -0.160. The number of hydrogen-bond donors (Lipinski definition) is 2. The van der Waals surface area contributed by atoms with Crippen LogP contribution in [0.3, 0.4) is 0 Å². The number of rotatable bonds is 8. The first-order valence-electron chi connectivity index (χ1n) is 8.95. The summed E-state index contributed by atoms with van der Waals surface area (Å²) >= 11 is 0. The van der Waals surface area contributed by atoms with E-state index >= 15 is 0 Å². The van der Waals surface area contributed by atoms with Crippen LogP contribution in [0.15, 0.2) is 0 Å². The van der Waals surface area contributed by atoms with Gasteiger partial charge in [-0.1, -0.05) is 26.7 Å². The average molecular weight is 298 g/mol. The molecule has 0 spiro atoms. The van der Waals surface area contributed by atoms with E-state index < -0.39 is 0 Å².